The van der Waals surface area contributed by atoms with Crippen LogP contribution in [0.1, 0.15) is 21.7 Å². The lowest BCUT2D eigenvalue weighted by Gasteiger charge is -2.35. The molecule has 1 saturated heterocycles. The highest BCUT2D eigenvalue weighted by molar-refractivity contribution is 7.10. The molecule has 37 heavy (non-hydrogen) atoms. The Hall–Kier alpha value is -3.53. The number of pyridine rings is 1. The van der Waals surface area contributed by atoms with Gasteiger partial charge in [0.1, 0.15) is 16.6 Å². The number of rotatable bonds is 6. The quantitative estimate of drug-likeness (QED) is 0.441. The van der Waals surface area contributed by atoms with Gasteiger partial charge in [0.2, 0.25) is 0 Å². The lowest BCUT2D eigenvalue weighted by atomic mass is 10.2. The number of amides is 1. The Morgan fingerprint density at radius 1 is 1.00 bits per heavy atom. The van der Waals surface area contributed by atoms with Crippen molar-refractivity contribution in [3.8, 4) is 0 Å². The molecule has 4 rings (SSSR count). The van der Waals surface area contributed by atoms with Gasteiger partial charge in [0.25, 0.3) is 5.91 Å². The fourth-order valence-corrected chi connectivity index (χ4v) is 4.41. The average Bonchev–Trinajstić information content (AvgIpc) is 3.19. The van der Waals surface area contributed by atoms with E-state index in [1.165, 1.54) is 11.1 Å². The summed E-state index contributed by atoms with van der Waals surface area (Å²) in [5.41, 5.74) is -0.200. The number of nitrogens with one attached hydrogen (secondary N) is 2. The number of halogens is 6. The number of alkyl halides is 6. The van der Waals surface area contributed by atoms with Crippen LogP contribution in [0.15, 0.2) is 30.7 Å². The highest BCUT2D eigenvalue weighted by atomic mass is 32.1. The predicted octanol–water partition coefficient (Wildman–Crippen LogP) is 4.34. The largest absolute Gasteiger partial charge is 0.434 e. The fourth-order valence-electron chi connectivity index (χ4n) is 3.61. The summed E-state index contributed by atoms with van der Waals surface area (Å²) < 4.78 is 79.9. The number of hydrogen-bond acceptors (Lipinski definition) is 9. The summed E-state index contributed by atoms with van der Waals surface area (Å²) in [5.74, 6) is 0.0530. The van der Waals surface area contributed by atoms with Crippen molar-refractivity contribution < 1.29 is 31.1 Å². The van der Waals surface area contributed by atoms with E-state index in [0.29, 0.717) is 36.5 Å². The van der Waals surface area contributed by atoms with E-state index in [1.807, 2.05) is 4.90 Å². The van der Waals surface area contributed by atoms with Crippen molar-refractivity contribution in [2.24, 2.45) is 0 Å². The number of piperazine rings is 1. The van der Waals surface area contributed by atoms with Crippen molar-refractivity contribution in [3.05, 3.63) is 47.7 Å². The van der Waals surface area contributed by atoms with Crippen molar-refractivity contribution in [2.75, 3.05) is 48.3 Å². The van der Waals surface area contributed by atoms with Crippen LogP contribution in [0, 0.1) is 6.92 Å². The van der Waals surface area contributed by atoms with E-state index >= 15 is 0 Å². The second-order valence-electron chi connectivity index (χ2n) is 8.12. The first-order valence-electron chi connectivity index (χ1n) is 10.8. The average molecular weight is 547 g/mol. The van der Waals surface area contributed by atoms with Gasteiger partial charge in [0.05, 0.1) is 42.1 Å². The zero-order chi connectivity index (χ0) is 26.8. The smallest absolute Gasteiger partial charge is 0.354 e. The molecule has 3 aromatic rings. The SMILES string of the molecule is Cc1nsc(Nc2cnc(C(F)(F)F)cn2)c1C(=O)Nc1ccc(N2CCN(CC(F)(F)F)CC2)nc1. The number of carbonyl (C=O) groups is 1. The Kier molecular flexibility index (Phi) is 7.49. The molecule has 2 N–H and O–H groups in total. The Morgan fingerprint density at radius 3 is 2.30 bits per heavy atom. The van der Waals surface area contributed by atoms with Crippen LogP contribution in [-0.2, 0) is 6.18 Å². The zero-order valence-electron chi connectivity index (χ0n) is 19.2. The summed E-state index contributed by atoms with van der Waals surface area (Å²) in [6.45, 7) is 1.94. The van der Waals surface area contributed by atoms with Gasteiger partial charge in [-0.25, -0.2) is 15.0 Å². The third-order valence-electron chi connectivity index (χ3n) is 5.38. The molecule has 0 bridgehead atoms. The number of hydrogen-bond donors (Lipinski definition) is 2. The van der Waals surface area contributed by atoms with Gasteiger partial charge < -0.3 is 15.5 Å². The van der Waals surface area contributed by atoms with Crippen molar-refractivity contribution in [3.63, 3.8) is 0 Å². The predicted molar refractivity (Wildman–Crippen MR) is 124 cm³/mol. The molecule has 0 spiro atoms. The summed E-state index contributed by atoms with van der Waals surface area (Å²) in [5, 5.41) is 5.73. The Balaban J connectivity index is 1.38. The number of anilines is 4. The van der Waals surface area contributed by atoms with Crippen molar-refractivity contribution in [1.82, 2.24) is 24.2 Å². The number of aryl methyl sites for hydroxylation is 1. The first kappa shape index (κ1) is 26.5. The van der Waals surface area contributed by atoms with Crippen LogP contribution in [-0.4, -0.2) is 69.0 Å². The standard InChI is InChI=1S/C21H20F6N8OS/c1-12-17(19(37-33-12)32-15-10-28-14(9-29-15)21(25,26)27)18(36)31-13-2-3-16(30-8-13)35-6-4-34(5-7-35)11-20(22,23)24/h2-3,8-10H,4-7,11H2,1H3,(H,29,32)(H,31,36). The number of carbonyl (C=O) groups excluding carboxylic acids is 1. The van der Waals surface area contributed by atoms with Gasteiger partial charge in [0, 0.05) is 26.2 Å². The van der Waals surface area contributed by atoms with Gasteiger partial charge in [-0.1, -0.05) is 0 Å². The van der Waals surface area contributed by atoms with Gasteiger partial charge in [-0.3, -0.25) is 9.69 Å². The van der Waals surface area contributed by atoms with E-state index in [0.717, 1.165) is 17.7 Å². The van der Waals surface area contributed by atoms with Crippen LogP contribution in [0.5, 0.6) is 0 Å². The fraction of sp³-hybridized carbons (Fsp3) is 0.381. The van der Waals surface area contributed by atoms with E-state index in [4.69, 9.17) is 0 Å². The first-order chi connectivity index (χ1) is 17.4. The van der Waals surface area contributed by atoms with E-state index in [1.54, 1.807) is 19.1 Å². The molecular weight excluding hydrogens is 526 g/mol. The zero-order valence-corrected chi connectivity index (χ0v) is 20.0. The molecule has 1 fully saturated rings. The molecule has 0 unspecified atom stereocenters. The van der Waals surface area contributed by atoms with Crippen LogP contribution in [0.2, 0.25) is 0 Å². The second kappa shape index (κ2) is 10.5. The van der Waals surface area contributed by atoms with Crippen molar-refractivity contribution in [2.45, 2.75) is 19.3 Å². The van der Waals surface area contributed by atoms with Gasteiger partial charge in [-0.05, 0) is 30.6 Å². The first-order valence-corrected chi connectivity index (χ1v) is 11.6. The molecule has 0 aliphatic carbocycles. The van der Waals surface area contributed by atoms with Gasteiger partial charge in [-0.15, -0.1) is 0 Å². The third kappa shape index (κ3) is 6.82. The van der Waals surface area contributed by atoms with E-state index < -0.39 is 30.5 Å². The van der Waals surface area contributed by atoms with Crippen LogP contribution < -0.4 is 15.5 Å². The molecule has 1 amide bonds. The summed E-state index contributed by atoms with van der Waals surface area (Å²) in [7, 11) is 0. The highest BCUT2D eigenvalue weighted by Crippen LogP contribution is 2.30. The minimum Gasteiger partial charge on any atom is -0.354 e. The van der Waals surface area contributed by atoms with E-state index in [2.05, 4.69) is 30.0 Å². The molecule has 9 nitrogen and oxygen atoms in total. The monoisotopic (exact) mass is 546 g/mol. The lowest BCUT2D eigenvalue weighted by Crippen LogP contribution is -2.49. The summed E-state index contributed by atoms with van der Waals surface area (Å²) in [6, 6.07) is 3.27. The normalized spacial score (nSPS) is 15.1. The van der Waals surface area contributed by atoms with E-state index in [9.17, 15) is 31.1 Å². The Bertz CT molecular complexity index is 1220. The molecule has 16 heteroatoms. The van der Waals surface area contributed by atoms with Crippen molar-refractivity contribution in [1.29, 1.82) is 0 Å². The molecule has 198 valence electrons. The second-order valence-corrected chi connectivity index (χ2v) is 8.89. The molecule has 4 heterocycles. The van der Waals surface area contributed by atoms with Crippen LogP contribution in [0.25, 0.3) is 0 Å². The minimum atomic E-state index is -4.62. The van der Waals surface area contributed by atoms with Gasteiger partial charge in [-0.2, -0.15) is 30.7 Å². The van der Waals surface area contributed by atoms with Crippen molar-refractivity contribution >= 4 is 39.8 Å². The van der Waals surface area contributed by atoms with Gasteiger partial charge in [0.15, 0.2) is 5.69 Å². The van der Waals surface area contributed by atoms with Gasteiger partial charge >= 0.3 is 12.4 Å². The molecule has 0 radical (unpaired) electrons. The minimum absolute atomic E-state index is 0.00653. The molecule has 1 aliphatic rings. The molecular formula is C21H20F6N8OS. The molecule has 1 aliphatic heterocycles. The molecule has 0 aromatic carbocycles. The maximum atomic E-state index is 12.9. The Labute approximate surface area is 210 Å². The summed E-state index contributed by atoms with van der Waals surface area (Å²) in [4.78, 5) is 27.5. The number of nitrogens with zero attached hydrogens (tertiary/aromatic N) is 6. The van der Waals surface area contributed by atoms with Crippen LogP contribution in [0.3, 0.4) is 0 Å². The summed E-state index contributed by atoms with van der Waals surface area (Å²) >= 11 is 0.936. The lowest BCUT2D eigenvalue weighted by molar-refractivity contribution is -0.146. The Morgan fingerprint density at radius 2 is 1.73 bits per heavy atom. The maximum absolute atomic E-state index is 12.9. The van der Waals surface area contributed by atoms with Crippen LogP contribution >= 0.6 is 11.5 Å². The third-order valence-corrected chi connectivity index (χ3v) is 6.23. The highest BCUT2D eigenvalue weighted by Gasteiger charge is 2.33. The summed E-state index contributed by atoms with van der Waals surface area (Å²) in [6.07, 6.45) is -5.94. The topological polar surface area (TPSA) is 99.2 Å². The molecule has 3 aromatic heterocycles. The molecule has 0 saturated carbocycles. The maximum Gasteiger partial charge on any atom is 0.434 e. The van der Waals surface area contributed by atoms with Crippen LogP contribution in [0.4, 0.5) is 48.7 Å². The number of aromatic nitrogens is 4. The van der Waals surface area contributed by atoms with E-state index in [-0.39, 0.29) is 29.5 Å². The molecule has 0 atom stereocenters.